The van der Waals surface area contributed by atoms with Gasteiger partial charge in [0.2, 0.25) is 0 Å². The molecule has 4 heteroatoms. The molecule has 0 fully saturated rings. The van der Waals surface area contributed by atoms with Crippen molar-refractivity contribution in [2.75, 3.05) is 0 Å². The van der Waals surface area contributed by atoms with Gasteiger partial charge < -0.3 is 5.73 Å². The molecule has 2 heterocycles. The highest BCUT2D eigenvalue weighted by atomic mass is 32.1. The normalized spacial score (nSPS) is 10.6. The lowest BCUT2D eigenvalue weighted by Gasteiger charge is -1.98. The van der Waals surface area contributed by atoms with E-state index >= 15 is 0 Å². The number of benzene rings is 1. The summed E-state index contributed by atoms with van der Waals surface area (Å²) in [6, 6.07) is 14.1. The zero-order valence-corrected chi connectivity index (χ0v) is 11.1. The van der Waals surface area contributed by atoms with Gasteiger partial charge in [-0.15, -0.1) is 11.3 Å². The molecule has 0 spiro atoms. The van der Waals surface area contributed by atoms with Crippen LogP contribution in [0.3, 0.4) is 0 Å². The van der Waals surface area contributed by atoms with Crippen molar-refractivity contribution in [3.63, 3.8) is 0 Å². The number of hydrogen-bond donors (Lipinski definition) is 1. The van der Waals surface area contributed by atoms with E-state index in [0.717, 1.165) is 26.7 Å². The predicted molar refractivity (Wildman–Crippen MR) is 78.7 cm³/mol. The van der Waals surface area contributed by atoms with Crippen molar-refractivity contribution in [2.24, 2.45) is 5.73 Å². The lowest BCUT2D eigenvalue weighted by molar-refractivity contribution is 1.10. The number of pyridine rings is 1. The Morgan fingerprint density at radius 1 is 0.947 bits per heavy atom. The molecule has 1 aromatic carbocycles. The fourth-order valence-corrected chi connectivity index (χ4v) is 2.90. The Morgan fingerprint density at radius 2 is 1.68 bits per heavy atom. The first-order valence-electron chi connectivity index (χ1n) is 6.04. The van der Waals surface area contributed by atoms with Gasteiger partial charge in [0.15, 0.2) is 0 Å². The number of aromatic nitrogens is 2. The van der Waals surface area contributed by atoms with E-state index in [0.29, 0.717) is 6.54 Å². The highest BCUT2D eigenvalue weighted by molar-refractivity contribution is 7.15. The Hall–Kier alpha value is -2.04. The molecule has 0 atom stereocenters. The summed E-state index contributed by atoms with van der Waals surface area (Å²) in [4.78, 5) is 9.87. The molecule has 2 N–H and O–H groups in total. The lowest BCUT2D eigenvalue weighted by Crippen LogP contribution is -1.95. The minimum absolute atomic E-state index is 0.507. The molecule has 0 unspecified atom stereocenters. The average Bonchev–Trinajstić information content (AvgIpc) is 2.93. The van der Waals surface area contributed by atoms with Gasteiger partial charge in [-0.3, -0.25) is 4.98 Å². The summed E-state index contributed by atoms with van der Waals surface area (Å²) in [6.07, 6.45) is 3.56. The van der Waals surface area contributed by atoms with Gasteiger partial charge in [0, 0.05) is 34.9 Å². The molecule has 3 aromatic rings. The molecule has 2 aromatic heterocycles. The maximum Gasteiger partial charge on any atom is 0.124 e. The van der Waals surface area contributed by atoms with Gasteiger partial charge in [0.25, 0.3) is 0 Å². The van der Waals surface area contributed by atoms with Gasteiger partial charge in [-0.2, -0.15) is 0 Å². The van der Waals surface area contributed by atoms with Crippen molar-refractivity contribution >= 4 is 11.3 Å². The third kappa shape index (κ3) is 2.41. The highest BCUT2D eigenvalue weighted by Gasteiger charge is 2.12. The topological polar surface area (TPSA) is 51.8 Å². The second-order valence-electron chi connectivity index (χ2n) is 4.10. The maximum atomic E-state index is 5.84. The van der Waals surface area contributed by atoms with Crippen LogP contribution in [0.1, 0.15) is 4.88 Å². The molecule has 0 radical (unpaired) electrons. The Bertz CT molecular complexity index is 662. The fourth-order valence-electron chi connectivity index (χ4n) is 1.93. The van der Waals surface area contributed by atoms with E-state index in [-0.39, 0.29) is 0 Å². The van der Waals surface area contributed by atoms with E-state index in [2.05, 4.69) is 17.1 Å². The molecule has 0 amide bonds. The summed E-state index contributed by atoms with van der Waals surface area (Å²) in [5.74, 6) is 0. The van der Waals surface area contributed by atoms with Crippen LogP contribution in [0.15, 0.2) is 54.9 Å². The Morgan fingerprint density at radius 3 is 2.37 bits per heavy atom. The molecular formula is C15H13N3S. The number of nitrogens with zero attached hydrogens (tertiary/aromatic N) is 2. The van der Waals surface area contributed by atoms with E-state index in [1.54, 1.807) is 23.7 Å². The number of hydrogen-bond acceptors (Lipinski definition) is 4. The first-order chi connectivity index (χ1) is 9.38. The molecule has 0 saturated carbocycles. The van der Waals surface area contributed by atoms with E-state index in [1.165, 1.54) is 0 Å². The zero-order chi connectivity index (χ0) is 13.1. The van der Waals surface area contributed by atoms with Crippen LogP contribution < -0.4 is 5.73 Å². The first-order valence-corrected chi connectivity index (χ1v) is 6.85. The van der Waals surface area contributed by atoms with Crippen LogP contribution in [0.5, 0.6) is 0 Å². The van der Waals surface area contributed by atoms with Crippen molar-refractivity contribution < 1.29 is 0 Å². The van der Waals surface area contributed by atoms with Crippen LogP contribution in [-0.2, 0) is 6.54 Å². The quantitative estimate of drug-likeness (QED) is 0.792. The minimum Gasteiger partial charge on any atom is -0.326 e. The van der Waals surface area contributed by atoms with Gasteiger partial charge in [0.1, 0.15) is 5.01 Å². The van der Waals surface area contributed by atoms with Gasteiger partial charge in [0.05, 0.1) is 5.69 Å². The largest absolute Gasteiger partial charge is 0.326 e. The minimum atomic E-state index is 0.507. The predicted octanol–water partition coefficient (Wildman–Crippen LogP) is 3.33. The van der Waals surface area contributed by atoms with Gasteiger partial charge >= 0.3 is 0 Å². The summed E-state index contributed by atoms with van der Waals surface area (Å²) in [6.45, 7) is 0.507. The SMILES string of the molecule is NCc1sc(-c2ccncc2)nc1-c1ccccc1. The fraction of sp³-hybridized carbons (Fsp3) is 0.0667. The van der Waals surface area contributed by atoms with Crippen LogP contribution >= 0.6 is 11.3 Å². The molecule has 0 bridgehead atoms. The molecule has 3 rings (SSSR count). The number of thiazole rings is 1. The molecule has 0 saturated heterocycles. The smallest absolute Gasteiger partial charge is 0.124 e. The molecule has 94 valence electrons. The second kappa shape index (κ2) is 5.30. The molecule has 19 heavy (non-hydrogen) atoms. The van der Waals surface area contributed by atoms with Crippen molar-refractivity contribution in [2.45, 2.75) is 6.54 Å². The Balaban J connectivity index is 2.09. The standard InChI is InChI=1S/C15H13N3S/c16-10-13-14(11-4-2-1-3-5-11)18-15(19-13)12-6-8-17-9-7-12/h1-9H,10,16H2. The molecule has 0 aliphatic carbocycles. The van der Waals surface area contributed by atoms with Crippen molar-refractivity contribution in [1.82, 2.24) is 9.97 Å². The van der Waals surface area contributed by atoms with Gasteiger partial charge in [-0.25, -0.2) is 4.98 Å². The van der Waals surface area contributed by atoms with Crippen LogP contribution in [0, 0.1) is 0 Å². The summed E-state index contributed by atoms with van der Waals surface area (Å²) in [7, 11) is 0. The third-order valence-electron chi connectivity index (χ3n) is 2.86. The van der Waals surface area contributed by atoms with E-state index in [9.17, 15) is 0 Å². The summed E-state index contributed by atoms with van der Waals surface area (Å²) >= 11 is 1.64. The third-order valence-corrected chi connectivity index (χ3v) is 3.98. The summed E-state index contributed by atoms with van der Waals surface area (Å²) < 4.78 is 0. The van der Waals surface area contributed by atoms with Crippen LogP contribution in [0.2, 0.25) is 0 Å². The first kappa shape index (κ1) is 12.0. The summed E-state index contributed by atoms with van der Waals surface area (Å²) in [5, 5.41) is 0.988. The lowest BCUT2D eigenvalue weighted by atomic mass is 10.1. The monoisotopic (exact) mass is 267 g/mol. The van der Waals surface area contributed by atoms with Gasteiger partial charge in [-0.05, 0) is 12.1 Å². The summed E-state index contributed by atoms with van der Waals surface area (Å²) in [5.41, 5.74) is 9.01. The van der Waals surface area contributed by atoms with E-state index in [4.69, 9.17) is 10.7 Å². The Kier molecular flexibility index (Phi) is 3.35. The Labute approximate surface area is 115 Å². The van der Waals surface area contributed by atoms with Crippen LogP contribution in [0.4, 0.5) is 0 Å². The van der Waals surface area contributed by atoms with E-state index < -0.39 is 0 Å². The van der Waals surface area contributed by atoms with Crippen molar-refractivity contribution in [3.8, 4) is 21.8 Å². The number of rotatable bonds is 3. The van der Waals surface area contributed by atoms with E-state index in [1.807, 2.05) is 30.3 Å². The molecule has 0 aliphatic heterocycles. The van der Waals surface area contributed by atoms with Gasteiger partial charge in [-0.1, -0.05) is 30.3 Å². The zero-order valence-electron chi connectivity index (χ0n) is 10.3. The second-order valence-corrected chi connectivity index (χ2v) is 5.18. The van der Waals surface area contributed by atoms with Crippen LogP contribution in [-0.4, -0.2) is 9.97 Å². The average molecular weight is 267 g/mol. The van der Waals surface area contributed by atoms with Crippen molar-refractivity contribution in [1.29, 1.82) is 0 Å². The highest BCUT2D eigenvalue weighted by Crippen LogP contribution is 2.33. The van der Waals surface area contributed by atoms with Crippen LogP contribution in [0.25, 0.3) is 21.8 Å². The number of nitrogens with two attached hydrogens (primary N) is 1. The molecule has 0 aliphatic rings. The van der Waals surface area contributed by atoms with Crippen molar-refractivity contribution in [3.05, 3.63) is 59.7 Å². The molecular weight excluding hydrogens is 254 g/mol. The molecule has 3 nitrogen and oxygen atoms in total. The maximum absolute atomic E-state index is 5.84.